The summed E-state index contributed by atoms with van der Waals surface area (Å²) in [5, 5.41) is 0. The Labute approximate surface area is 199 Å². The molecule has 0 aliphatic carbocycles. The van der Waals surface area contributed by atoms with Crippen LogP contribution in [0.2, 0.25) is 0 Å². The number of imide groups is 1. The molecule has 8 nitrogen and oxygen atoms in total. The SMILES string of the molecule is O=C1C[C@H](N2CCN(Cc3ccc4c(c3)OCO4)CC2)C(=O)N1c1ccc(OC(F)(F)Cl)cc1. The quantitative estimate of drug-likeness (QED) is 0.452. The van der Waals surface area contributed by atoms with E-state index in [4.69, 9.17) is 21.1 Å². The third kappa shape index (κ3) is 4.79. The normalized spacial score (nSPS) is 21.4. The van der Waals surface area contributed by atoms with Gasteiger partial charge in [-0.1, -0.05) is 6.07 Å². The molecule has 2 amide bonds. The molecule has 2 aromatic carbocycles. The first kappa shape index (κ1) is 22.8. The van der Waals surface area contributed by atoms with Gasteiger partial charge in [-0.05, 0) is 42.0 Å². The Bertz CT molecular complexity index is 1090. The van der Waals surface area contributed by atoms with Gasteiger partial charge in [0.05, 0.1) is 18.2 Å². The summed E-state index contributed by atoms with van der Waals surface area (Å²) in [5.41, 5.74) is -2.41. The zero-order valence-electron chi connectivity index (χ0n) is 18.1. The van der Waals surface area contributed by atoms with Gasteiger partial charge in [0.15, 0.2) is 11.5 Å². The van der Waals surface area contributed by atoms with E-state index in [0.29, 0.717) is 18.8 Å². The molecule has 1 atom stereocenters. The molecule has 2 saturated heterocycles. The molecule has 0 saturated carbocycles. The van der Waals surface area contributed by atoms with Crippen LogP contribution >= 0.6 is 11.6 Å². The van der Waals surface area contributed by atoms with Crippen molar-refractivity contribution in [2.45, 2.75) is 24.6 Å². The van der Waals surface area contributed by atoms with Crippen molar-refractivity contribution in [1.82, 2.24) is 9.80 Å². The number of hydrogen-bond acceptors (Lipinski definition) is 7. The second-order valence-corrected chi connectivity index (χ2v) is 8.77. The number of halogens is 3. The van der Waals surface area contributed by atoms with Crippen LogP contribution in [0.5, 0.6) is 17.2 Å². The Hall–Kier alpha value is -2.95. The highest BCUT2D eigenvalue weighted by atomic mass is 35.5. The van der Waals surface area contributed by atoms with E-state index < -0.39 is 11.6 Å². The zero-order chi connectivity index (χ0) is 23.9. The predicted octanol–water partition coefficient (Wildman–Crippen LogP) is 3.03. The zero-order valence-corrected chi connectivity index (χ0v) is 18.8. The molecule has 0 N–H and O–H groups in total. The highest BCUT2D eigenvalue weighted by Gasteiger charge is 2.43. The highest BCUT2D eigenvalue weighted by molar-refractivity contribution is 6.22. The van der Waals surface area contributed by atoms with Gasteiger partial charge in [-0.3, -0.25) is 19.4 Å². The third-order valence-corrected chi connectivity index (χ3v) is 6.22. The second-order valence-electron chi connectivity index (χ2n) is 8.33. The fraction of sp³-hybridized carbons (Fsp3) is 0.391. The van der Waals surface area contributed by atoms with E-state index in [9.17, 15) is 18.4 Å². The summed E-state index contributed by atoms with van der Waals surface area (Å²) in [6.45, 7) is 3.81. The lowest BCUT2D eigenvalue weighted by atomic mass is 10.1. The fourth-order valence-electron chi connectivity index (χ4n) is 4.50. The molecule has 0 unspecified atom stereocenters. The number of anilines is 1. The van der Waals surface area contributed by atoms with E-state index >= 15 is 0 Å². The molecule has 11 heteroatoms. The van der Waals surface area contributed by atoms with Gasteiger partial charge >= 0.3 is 5.57 Å². The first-order chi connectivity index (χ1) is 16.3. The van der Waals surface area contributed by atoms with E-state index in [1.165, 1.54) is 24.3 Å². The average Bonchev–Trinajstić information content (AvgIpc) is 3.37. The van der Waals surface area contributed by atoms with Crippen LogP contribution < -0.4 is 19.1 Å². The van der Waals surface area contributed by atoms with Crippen molar-refractivity contribution in [2.75, 3.05) is 37.9 Å². The molecular weight excluding hydrogens is 472 g/mol. The standard InChI is InChI=1S/C23H22ClF2N3O5/c24-23(25,26)34-17-4-2-16(3-5-17)29-21(30)12-18(22(29)31)28-9-7-27(8-10-28)13-15-1-6-19-20(11-15)33-14-32-19/h1-6,11,18H,7-10,12-14H2/t18-/m0/s1. The fourth-order valence-corrected chi connectivity index (χ4v) is 4.59. The average molecular weight is 494 g/mol. The maximum atomic E-state index is 13.1. The van der Waals surface area contributed by atoms with E-state index in [0.717, 1.165) is 41.6 Å². The maximum absolute atomic E-state index is 13.1. The van der Waals surface area contributed by atoms with Crippen molar-refractivity contribution in [3.63, 3.8) is 0 Å². The summed E-state index contributed by atoms with van der Waals surface area (Å²) >= 11 is 4.77. The number of fused-ring (bicyclic) bond motifs is 1. The van der Waals surface area contributed by atoms with Crippen LogP contribution in [0.25, 0.3) is 0 Å². The first-order valence-corrected chi connectivity index (χ1v) is 11.2. The number of alkyl halides is 3. The number of benzene rings is 2. The lowest BCUT2D eigenvalue weighted by molar-refractivity contribution is -0.123. The number of hydrogen-bond donors (Lipinski definition) is 0. The Morgan fingerprint density at radius 2 is 1.71 bits per heavy atom. The minimum Gasteiger partial charge on any atom is -0.454 e. The summed E-state index contributed by atoms with van der Waals surface area (Å²) in [4.78, 5) is 31.1. The molecule has 34 heavy (non-hydrogen) atoms. The van der Waals surface area contributed by atoms with Crippen molar-refractivity contribution >= 4 is 29.1 Å². The van der Waals surface area contributed by atoms with Gasteiger partial charge in [0.25, 0.3) is 5.91 Å². The van der Waals surface area contributed by atoms with Gasteiger partial charge in [-0.2, -0.15) is 0 Å². The molecular formula is C23H22ClF2N3O5. The van der Waals surface area contributed by atoms with Crippen molar-refractivity contribution in [2.24, 2.45) is 0 Å². The molecule has 2 aromatic rings. The number of ether oxygens (including phenoxy) is 3. The largest absolute Gasteiger partial charge is 0.487 e. The first-order valence-electron chi connectivity index (χ1n) is 10.8. The predicted molar refractivity (Wildman–Crippen MR) is 118 cm³/mol. The van der Waals surface area contributed by atoms with Gasteiger partial charge in [0, 0.05) is 44.3 Å². The molecule has 0 spiro atoms. The number of piperazine rings is 1. The summed E-state index contributed by atoms with van der Waals surface area (Å²) in [5.74, 6) is 0.696. The lowest BCUT2D eigenvalue weighted by Gasteiger charge is -2.37. The third-order valence-electron chi connectivity index (χ3n) is 6.14. The van der Waals surface area contributed by atoms with Crippen LogP contribution in [0.4, 0.5) is 14.5 Å². The topological polar surface area (TPSA) is 71.6 Å². The number of amides is 2. The number of nitrogens with zero attached hydrogens (tertiary/aromatic N) is 3. The molecule has 3 heterocycles. The van der Waals surface area contributed by atoms with Crippen molar-refractivity contribution in [1.29, 1.82) is 0 Å². The summed E-state index contributed by atoms with van der Waals surface area (Å²) in [6, 6.07) is 10.6. The number of carbonyl (C=O) groups excluding carboxylic acids is 2. The number of rotatable bonds is 6. The summed E-state index contributed by atoms with van der Waals surface area (Å²) in [6.07, 6.45) is 0.0823. The molecule has 3 aliphatic rings. The molecule has 5 rings (SSSR count). The van der Waals surface area contributed by atoms with Gasteiger partial charge in [-0.15, -0.1) is 8.78 Å². The van der Waals surface area contributed by atoms with Crippen LogP contribution in [-0.4, -0.2) is 66.2 Å². The Morgan fingerprint density at radius 1 is 1.00 bits per heavy atom. The van der Waals surface area contributed by atoms with Crippen LogP contribution in [-0.2, 0) is 16.1 Å². The maximum Gasteiger partial charge on any atom is 0.487 e. The van der Waals surface area contributed by atoms with Gasteiger partial charge in [0.2, 0.25) is 12.7 Å². The molecule has 180 valence electrons. The van der Waals surface area contributed by atoms with E-state index in [-0.39, 0.29) is 30.8 Å². The molecule has 0 aromatic heterocycles. The van der Waals surface area contributed by atoms with Crippen molar-refractivity contribution in [3.05, 3.63) is 48.0 Å². The Morgan fingerprint density at radius 3 is 2.41 bits per heavy atom. The molecule has 3 aliphatic heterocycles. The van der Waals surface area contributed by atoms with Crippen LogP contribution in [0.1, 0.15) is 12.0 Å². The van der Waals surface area contributed by atoms with Crippen molar-refractivity contribution in [3.8, 4) is 17.2 Å². The summed E-state index contributed by atoms with van der Waals surface area (Å²) in [7, 11) is 0. The minimum absolute atomic E-state index is 0.0823. The highest BCUT2D eigenvalue weighted by Crippen LogP contribution is 2.33. The van der Waals surface area contributed by atoms with Crippen LogP contribution in [0.3, 0.4) is 0 Å². The van der Waals surface area contributed by atoms with Crippen LogP contribution in [0, 0.1) is 0 Å². The molecule has 2 fully saturated rings. The molecule has 0 bridgehead atoms. The van der Waals surface area contributed by atoms with Crippen molar-refractivity contribution < 1.29 is 32.6 Å². The van der Waals surface area contributed by atoms with Gasteiger partial charge < -0.3 is 14.2 Å². The smallest absolute Gasteiger partial charge is 0.454 e. The Balaban J connectivity index is 1.18. The minimum atomic E-state index is -3.84. The van der Waals surface area contributed by atoms with Gasteiger partial charge in [-0.25, -0.2) is 4.90 Å². The second kappa shape index (κ2) is 9.01. The van der Waals surface area contributed by atoms with Gasteiger partial charge in [0.1, 0.15) is 5.75 Å². The lowest BCUT2D eigenvalue weighted by Crippen LogP contribution is -2.52. The Kier molecular flexibility index (Phi) is 6.05. The van der Waals surface area contributed by atoms with Crippen LogP contribution in [0.15, 0.2) is 42.5 Å². The van der Waals surface area contributed by atoms with E-state index in [1.807, 2.05) is 23.1 Å². The monoisotopic (exact) mass is 493 g/mol. The molecule has 0 radical (unpaired) electrons. The summed E-state index contributed by atoms with van der Waals surface area (Å²) < 4.78 is 40.7. The number of carbonyl (C=O) groups is 2. The van der Waals surface area contributed by atoms with E-state index in [2.05, 4.69) is 9.64 Å². The van der Waals surface area contributed by atoms with E-state index in [1.54, 1.807) is 0 Å².